The third kappa shape index (κ3) is 3.56. The Morgan fingerprint density at radius 2 is 1.68 bits per heavy atom. The standard InChI is InChI=1S/C18H20FN3O3/c1-12-2-3-13(9-16(12)19)17(23)21-4-6-22(7-5-21)18(24)14-8-15(10-20)25-11-14/h2-3,8-9,11H,4-7,10,20H2,1H3. The summed E-state index contributed by atoms with van der Waals surface area (Å²) < 4.78 is 18.8. The van der Waals surface area contributed by atoms with Gasteiger partial charge in [0.2, 0.25) is 0 Å². The molecule has 2 aromatic rings. The van der Waals surface area contributed by atoms with E-state index in [0.29, 0.717) is 48.6 Å². The Bertz CT molecular complexity index is 795. The van der Waals surface area contributed by atoms with Gasteiger partial charge in [-0.05, 0) is 30.7 Å². The largest absolute Gasteiger partial charge is 0.467 e. The molecule has 0 aliphatic carbocycles. The molecule has 25 heavy (non-hydrogen) atoms. The second kappa shape index (κ2) is 7.06. The summed E-state index contributed by atoms with van der Waals surface area (Å²) in [6.45, 7) is 3.54. The van der Waals surface area contributed by atoms with E-state index in [1.54, 1.807) is 34.9 Å². The molecule has 132 valence electrons. The number of carbonyl (C=O) groups is 2. The van der Waals surface area contributed by atoms with Crippen molar-refractivity contribution < 1.29 is 18.4 Å². The molecule has 2 N–H and O–H groups in total. The van der Waals surface area contributed by atoms with Gasteiger partial charge in [0, 0.05) is 31.7 Å². The van der Waals surface area contributed by atoms with Crippen LogP contribution >= 0.6 is 0 Å². The van der Waals surface area contributed by atoms with Crippen LogP contribution in [-0.2, 0) is 6.54 Å². The summed E-state index contributed by atoms with van der Waals surface area (Å²) in [4.78, 5) is 28.2. The molecule has 6 nitrogen and oxygen atoms in total. The number of halogens is 1. The highest BCUT2D eigenvalue weighted by Crippen LogP contribution is 2.15. The Hall–Kier alpha value is -2.67. The van der Waals surface area contributed by atoms with E-state index in [1.807, 2.05) is 0 Å². The first kappa shape index (κ1) is 17.2. The van der Waals surface area contributed by atoms with Crippen LogP contribution in [0.15, 0.2) is 34.9 Å². The van der Waals surface area contributed by atoms with Gasteiger partial charge in [-0.3, -0.25) is 9.59 Å². The Kier molecular flexibility index (Phi) is 4.85. The molecule has 0 saturated carbocycles. The third-order valence-electron chi connectivity index (χ3n) is 4.37. The summed E-state index contributed by atoms with van der Waals surface area (Å²) in [5.74, 6) is -0.203. The van der Waals surface area contributed by atoms with Crippen LogP contribution in [0.25, 0.3) is 0 Å². The predicted octanol–water partition coefficient (Wildman–Crippen LogP) is 1.78. The maximum Gasteiger partial charge on any atom is 0.257 e. The molecule has 1 aliphatic heterocycles. The lowest BCUT2D eigenvalue weighted by Crippen LogP contribution is -2.50. The second-order valence-electron chi connectivity index (χ2n) is 6.05. The van der Waals surface area contributed by atoms with Crippen LogP contribution in [-0.4, -0.2) is 47.8 Å². The maximum absolute atomic E-state index is 13.7. The summed E-state index contributed by atoms with van der Waals surface area (Å²) in [5, 5.41) is 0. The van der Waals surface area contributed by atoms with Crippen molar-refractivity contribution in [3.8, 4) is 0 Å². The minimum atomic E-state index is -0.393. The van der Waals surface area contributed by atoms with Crippen molar-refractivity contribution in [2.24, 2.45) is 5.73 Å². The third-order valence-corrected chi connectivity index (χ3v) is 4.37. The normalized spacial score (nSPS) is 14.7. The molecule has 7 heteroatoms. The number of piperazine rings is 1. The molecule has 0 bridgehead atoms. The Balaban J connectivity index is 1.62. The number of amides is 2. The number of furan rings is 1. The van der Waals surface area contributed by atoms with E-state index in [-0.39, 0.29) is 18.4 Å². The maximum atomic E-state index is 13.7. The van der Waals surface area contributed by atoms with Gasteiger partial charge in [-0.2, -0.15) is 0 Å². The number of hydrogen-bond donors (Lipinski definition) is 1. The molecule has 0 spiro atoms. The number of aryl methyl sites for hydroxylation is 1. The zero-order valence-electron chi connectivity index (χ0n) is 14.0. The minimum absolute atomic E-state index is 0.142. The zero-order chi connectivity index (χ0) is 18.0. The molecular formula is C18H20FN3O3. The van der Waals surface area contributed by atoms with Crippen molar-refractivity contribution in [3.05, 3.63) is 58.8 Å². The van der Waals surface area contributed by atoms with Gasteiger partial charge in [0.15, 0.2) is 0 Å². The lowest BCUT2D eigenvalue weighted by Gasteiger charge is -2.34. The van der Waals surface area contributed by atoms with Gasteiger partial charge in [-0.1, -0.05) is 6.07 Å². The van der Waals surface area contributed by atoms with Crippen LogP contribution in [0.2, 0.25) is 0 Å². The first-order valence-corrected chi connectivity index (χ1v) is 8.12. The average Bonchev–Trinajstić information content (AvgIpc) is 3.12. The van der Waals surface area contributed by atoms with Crippen molar-refractivity contribution in [3.63, 3.8) is 0 Å². The Morgan fingerprint density at radius 3 is 2.20 bits per heavy atom. The molecular weight excluding hydrogens is 325 g/mol. The fraction of sp³-hybridized carbons (Fsp3) is 0.333. The summed E-state index contributed by atoms with van der Waals surface area (Å²) in [6.07, 6.45) is 1.40. The van der Waals surface area contributed by atoms with Crippen molar-refractivity contribution in [2.75, 3.05) is 26.2 Å². The first-order valence-electron chi connectivity index (χ1n) is 8.12. The average molecular weight is 345 g/mol. The topological polar surface area (TPSA) is 79.8 Å². The fourth-order valence-corrected chi connectivity index (χ4v) is 2.80. The van der Waals surface area contributed by atoms with Gasteiger partial charge in [0.1, 0.15) is 17.8 Å². The summed E-state index contributed by atoms with van der Waals surface area (Å²) in [7, 11) is 0. The highest BCUT2D eigenvalue weighted by Gasteiger charge is 2.26. The lowest BCUT2D eigenvalue weighted by molar-refractivity contribution is 0.0535. The fourth-order valence-electron chi connectivity index (χ4n) is 2.80. The molecule has 1 aliphatic rings. The van der Waals surface area contributed by atoms with E-state index in [9.17, 15) is 14.0 Å². The van der Waals surface area contributed by atoms with Crippen molar-refractivity contribution in [2.45, 2.75) is 13.5 Å². The quantitative estimate of drug-likeness (QED) is 0.920. The first-order chi connectivity index (χ1) is 12.0. The van der Waals surface area contributed by atoms with E-state index in [4.69, 9.17) is 10.2 Å². The van der Waals surface area contributed by atoms with Gasteiger partial charge in [0.05, 0.1) is 12.1 Å². The zero-order valence-corrected chi connectivity index (χ0v) is 14.0. The molecule has 0 radical (unpaired) electrons. The lowest BCUT2D eigenvalue weighted by atomic mass is 10.1. The molecule has 0 atom stereocenters. The van der Waals surface area contributed by atoms with Gasteiger partial charge >= 0.3 is 0 Å². The summed E-state index contributed by atoms with van der Waals surface area (Å²) in [5.41, 5.74) is 6.77. The van der Waals surface area contributed by atoms with Gasteiger partial charge in [-0.15, -0.1) is 0 Å². The molecule has 3 rings (SSSR count). The van der Waals surface area contributed by atoms with Crippen molar-refractivity contribution in [1.82, 2.24) is 9.80 Å². The molecule has 1 aromatic heterocycles. The van der Waals surface area contributed by atoms with E-state index >= 15 is 0 Å². The molecule has 2 amide bonds. The molecule has 1 aromatic carbocycles. The molecule has 1 saturated heterocycles. The van der Waals surface area contributed by atoms with Gasteiger partial charge < -0.3 is 20.0 Å². The summed E-state index contributed by atoms with van der Waals surface area (Å²) in [6, 6.07) is 6.11. The van der Waals surface area contributed by atoms with Crippen molar-refractivity contribution >= 4 is 11.8 Å². The Morgan fingerprint density at radius 1 is 1.08 bits per heavy atom. The highest BCUT2D eigenvalue weighted by atomic mass is 19.1. The van der Waals surface area contributed by atoms with Crippen LogP contribution in [0.1, 0.15) is 32.0 Å². The predicted molar refractivity (Wildman–Crippen MR) is 89.5 cm³/mol. The molecule has 1 fully saturated rings. The van der Waals surface area contributed by atoms with Gasteiger partial charge in [-0.25, -0.2) is 4.39 Å². The Labute approximate surface area is 145 Å². The van der Waals surface area contributed by atoms with Crippen LogP contribution in [0.3, 0.4) is 0 Å². The number of carbonyl (C=O) groups excluding carboxylic acids is 2. The van der Waals surface area contributed by atoms with E-state index in [0.717, 1.165) is 0 Å². The smallest absolute Gasteiger partial charge is 0.257 e. The minimum Gasteiger partial charge on any atom is -0.467 e. The van der Waals surface area contributed by atoms with Crippen molar-refractivity contribution in [1.29, 1.82) is 0 Å². The number of hydrogen-bond acceptors (Lipinski definition) is 4. The van der Waals surface area contributed by atoms with E-state index < -0.39 is 5.82 Å². The highest BCUT2D eigenvalue weighted by molar-refractivity contribution is 5.96. The van der Waals surface area contributed by atoms with Crippen LogP contribution in [0, 0.1) is 12.7 Å². The van der Waals surface area contributed by atoms with Crippen LogP contribution in [0.4, 0.5) is 4.39 Å². The molecule has 0 unspecified atom stereocenters. The monoisotopic (exact) mass is 345 g/mol. The van der Waals surface area contributed by atoms with E-state index in [2.05, 4.69) is 0 Å². The van der Waals surface area contributed by atoms with Gasteiger partial charge in [0.25, 0.3) is 11.8 Å². The van der Waals surface area contributed by atoms with Crippen LogP contribution in [0.5, 0.6) is 0 Å². The number of nitrogens with zero attached hydrogens (tertiary/aromatic N) is 2. The number of benzene rings is 1. The van der Waals surface area contributed by atoms with E-state index in [1.165, 1.54) is 12.3 Å². The molecule has 2 heterocycles. The SMILES string of the molecule is Cc1ccc(C(=O)N2CCN(C(=O)c3coc(CN)c3)CC2)cc1F. The second-order valence-corrected chi connectivity index (χ2v) is 6.05. The number of rotatable bonds is 3. The van der Waals surface area contributed by atoms with Crippen LogP contribution < -0.4 is 5.73 Å². The summed E-state index contributed by atoms with van der Waals surface area (Å²) >= 11 is 0. The number of nitrogens with two attached hydrogens (primary N) is 1.